The highest BCUT2D eigenvalue weighted by molar-refractivity contribution is 6.07. The van der Waals surface area contributed by atoms with Crippen molar-refractivity contribution < 1.29 is 19.4 Å². The lowest BCUT2D eigenvalue weighted by molar-refractivity contribution is -0.146. The fourth-order valence-corrected chi connectivity index (χ4v) is 5.06. The van der Waals surface area contributed by atoms with Crippen molar-refractivity contribution in [1.82, 2.24) is 0 Å². The Morgan fingerprint density at radius 3 is 2.57 bits per heavy atom. The molecular weight excluding hydrogens is 380 g/mol. The van der Waals surface area contributed by atoms with Gasteiger partial charge in [-0.1, -0.05) is 37.3 Å². The van der Waals surface area contributed by atoms with Gasteiger partial charge >= 0.3 is 0 Å². The van der Waals surface area contributed by atoms with Gasteiger partial charge in [-0.2, -0.15) is 0 Å². The molecule has 1 N–H and O–H groups in total. The summed E-state index contributed by atoms with van der Waals surface area (Å²) in [6.45, 7) is 3.34. The first-order valence-electron chi connectivity index (χ1n) is 10.6. The van der Waals surface area contributed by atoms with Crippen LogP contribution in [-0.2, 0) is 26.5 Å². The molecule has 6 heteroatoms. The molecule has 2 saturated heterocycles. The van der Waals surface area contributed by atoms with Gasteiger partial charge in [0, 0.05) is 36.7 Å². The molecule has 0 aliphatic carbocycles. The summed E-state index contributed by atoms with van der Waals surface area (Å²) in [5, 5.41) is 9.35. The quantitative estimate of drug-likeness (QED) is 0.775. The normalized spacial score (nSPS) is 27.7. The van der Waals surface area contributed by atoms with Crippen LogP contribution in [0, 0.1) is 5.92 Å². The Morgan fingerprint density at radius 1 is 1.13 bits per heavy atom. The molecule has 156 valence electrons. The van der Waals surface area contributed by atoms with Gasteiger partial charge < -0.3 is 19.6 Å². The van der Waals surface area contributed by atoms with Gasteiger partial charge in [-0.15, -0.1) is 0 Å². The predicted octanol–water partition coefficient (Wildman–Crippen LogP) is 2.97. The van der Waals surface area contributed by atoms with Crippen LogP contribution in [0.15, 0.2) is 48.5 Å². The number of rotatable bonds is 5. The average Bonchev–Trinajstić information content (AvgIpc) is 3.19. The van der Waals surface area contributed by atoms with E-state index >= 15 is 0 Å². The van der Waals surface area contributed by atoms with E-state index in [9.17, 15) is 14.7 Å². The molecule has 0 bridgehead atoms. The molecule has 0 radical (unpaired) electrons. The molecule has 3 aliphatic heterocycles. The minimum atomic E-state index is -0.972. The summed E-state index contributed by atoms with van der Waals surface area (Å²) in [5.41, 5.74) is 2.75. The number of carbonyl (C=O) groups excluding carboxylic acids is 2. The molecule has 2 fully saturated rings. The van der Waals surface area contributed by atoms with E-state index in [2.05, 4.69) is 6.92 Å². The van der Waals surface area contributed by atoms with E-state index in [0.717, 1.165) is 35.5 Å². The number of benzene rings is 2. The average molecular weight is 406 g/mol. The summed E-state index contributed by atoms with van der Waals surface area (Å²) in [5.74, 6) is 0.157. The van der Waals surface area contributed by atoms with Gasteiger partial charge in [0.25, 0.3) is 5.91 Å². The van der Waals surface area contributed by atoms with Gasteiger partial charge in [-0.05, 0) is 36.6 Å². The topological polar surface area (TPSA) is 70.1 Å². The molecule has 6 nitrogen and oxygen atoms in total. The highest BCUT2D eigenvalue weighted by Crippen LogP contribution is 2.53. The summed E-state index contributed by atoms with van der Waals surface area (Å²) in [7, 11) is 0. The number of nitrogens with zero attached hydrogens (tertiary/aromatic N) is 2. The molecule has 0 aromatic heterocycles. The third kappa shape index (κ3) is 2.78. The monoisotopic (exact) mass is 406 g/mol. The summed E-state index contributed by atoms with van der Waals surface area (Å²) < 4.78 is 6.36. The molecule has 3 atom stereocenters. The van der Waals surface area contributed by atoms with Crippen LogP contribution in [0.5, 0.6) is 0 Å². The number of carbonyl (C=O) groups is 2. The van der Waals surface area contributed by atoms with Crippen LogP contribution in [0.2, 0.25) is 0 Å². The van der Waals surface area contributed by atoms with Crippen LogP contribution < -0.4 is 9.80 Å². The zero-order valence-corrected chi connectivity index (χ0v) is 17.1. The molecule has 2 aromatic carbocycles. The summed E-state index contributed by atoms with van der Waals surface area (Å²) >= 11 is 0. The molecule has 30 heavy (non-hydrogen) atoms. The number of anilines is 2. The lowest BCUT2D eigenvalue weighted by atomic mass is 9.83. The van der Waals surface area contributed by atoms with Crippen LogP contribution in [0.3, 0.4) is 0 Å². The lowest BCUT2D eigenvalue weighted by Crippen LogP contribution is -2.44. The number of ether oxygens (including phenoxy) is 1. The van der Waals surface area contributed by atoms with Crippen molar-refractivity contribution in [2.75, 3.05) is 23.0 Å². The fourth-order valence-electron chi connectivity index (χ4n) is 5.06. The number of amides is 2. The van der Waals surface area contributed by atoms with E-state index < -0.39 is 5.60 Å². The fraction of sp³-hybridized carbons (Fsp3) is 0.417. The minimum Gasteiger partial charge on any atom is -0.396 e. The van der Waals surface area contributed by atoms with E-state index in [1.54, 1.807) is 4.90 Å². The zero-order chi connectivity index (χ0) is 20.9. The predicted molar refractivity (Wildman–Crippen MR) is 113 cm³/mol. The van der Waals surface area contributed by atoms with Gasteiger partial charge in [0.2, 0.25) is 5.91 Å². The number of hydrogen-bond donors (Lipinski definition) is 1. The molecule has 3 aliphatic rings. The molecule has 0 saturated carbocycles. The second-order valence-electron chi connectivity index (χ2n) is 8.49. The highest BCUT2D eigenvalue weighted by Gasteiger charge is 2.59. The number of aliphatic hydroxyl groups excluding tert-OH is 1. The van der Waals surface area contributed by atoms with E-state index in [0.29, 0.717) is 19.4 Å². The SMILES string of the molecule is C[C@H]1C[C@@H](CCO)O[C@]12C(=O)N(Cc1ccc(N3CCC3=O)cc1)c1ccccc12. The first-order chi connectivity index (χ1) is 14.5. The van der Waals surface area contributed by atoms with Crippen molar-refractivity contribution in [2.45, 2.75) is 44.4 Å². The summed E-state index contributed by atoms with van der Waals surface area (Å²) in [6, 6.07) is 15.7. The molecular formula is C24H26N2O4. The van der Waals surface area contributed by atoms with Gasteiger partial charge in [0.15, 0.2) is 5.60 Å². The van der Waals surface area contributed by atoms with E-state index in [-0.39, 0.29) is 30.4 Å². The molecule has 0 unspecified atom stereocenters. The second-order valence-corrected chi connectivity index (χ2v) is 8.49. The first-order valence-corrected chi connectivity index (χ1v) is 10.6. The van der Waals surface area contributed by atoms with Crippen LogP contribution in [0.1, 0.15) is 37.3 Å². The second kappa shape index (κ2) is 7.22. The minimum absolute atomic E-state index is 0.0290. The highest BCUT2D eigenvalue weighted by atomic mass is 16.5. The number of fused-ring (bicyclic) bond motifs is 2. The van der Waals surface area contributed by atoms with Crippen molar-refractivity contribution in [3.63, 3.8) is 0 Å². The smallest absolute Gasteiger partial charge is 0.264 e. The maximum atomic E-state index is 13.7. The molecule has 3 heterocycles. The Morgan fingerprint density at radius 2 is 1.90 bits per heavy atom. The van der Waals surface area contributed by atoms with Gasteiger partial charge in [-0.25, -0.2) is 0 Å². The first kappa shape index (κ1) is 19.3. The van der Waals surface area contributed by atoms with E-state index in [1.165, 1.54) is 0 Å². The largest absolute Gasteiger partial charge is 0.396 e. The third-order valence-corrected chi connectivity index (χ3v) is 6.71. The Balaban J connectivity index is 1.44. The number of hydrogen-bond acceptors (Lipinski definition) is 4. The Kier molecular flexibility index (Phi) is 4.64. The molecule has 2 amide bonds. The summed E-state index contributed by atoms with van der Waals surface area (Å²) in [6.07, 6.45) is 1.79. The molecule has 2 aromatic rings. The van der Waals surface area contributed by atoms with E-state index in [4.69, 9.17) is 4.74 Å². The summed E-state index contributed by atoms with van der Waals surface area (Å²) in [4.78, 5) is 29.0. The Bertz CT molecular complexity index is 989. The van der Waals surface area contributed by atoms with Crippen molar-refractivity contribution in [3.05, 3.63) is 59.7 Å². The maximum Gasteiger partial charge on any atom is 0.264 e. The van der Waals surface area contributed by atoms with Gasteiger partial charge in [0.05, 0.1) is 18.3 Å². The number of para-hydroxylation sites is 1. The molecule has 1 spiro atoms. The van der Waals surface area contributed by atoms with Crippen molar-refractivity contribution in [2.24, 2.45) is 5.92 Å². The van der Waals surface area contributed by atoms with Gasteiger partial charge in [0.1, 0.15) is 0 Å². The van der Waals surface area contributed by atoms with Crippen LogP contribution >= 0.6 is 0 Å². The zero-order valence-electron chi connectivity index (χ0n) is 17.1. The van der Waals surface area contributed by atoms with E-state index in [1.807, 2.05) is 53.4 Å². The van der Waals surface area contributed by atoms with Crippen LogP contribution in [-0.4, -0.2) is 36.2 Å². The maximum absolute atomic E-state index is 13.7. The van der Waals surface area contributed by atoms with Gasteiger partial charge in [-0.3, -0.25) is 9.59 Å². The van der Waals surface area contributed by atoms with Crippen molar-refractivity contribution in [1.29, 1.82) is 0 Å². The van der Waals surface area contributed by atoms with Crippen LogP contribution in [0.4, 0.5) is 11.4 Å². The number of aliphatic hydroxyl groups is 1. The lowest BCUT2D eigenvalue weighted by Gasteiger charge is -2.31. The van der Waals surface area contributed by atoms with Crippen molar-refractivity contribution in [3.8, 4) is 0 Å². The van der Waals surface area contributed by atoms with Crippen molar-refractivity contribution >= 4 is 23.2 Å². The van der Waals surface area contributed by atoms with Crippen LogP contribution in [0.25, 0.3) is 0 Å². The Hall–Kier alpha value is -2.70. The molecule has 5 rings (SSSR count). The number of β-lactam (4-membered cyclic amide) rings is 1. The standard InChI is InChI=1S/C24H26N2O4/c1-16-14-19(11-13-27)30-24(16)20-4-2-3-5-21(20)26(23(24)29)15-17-6-8-18(9-7-17)25-12-10-22(25)28/h2-9,16,19,27H,10-15H2,1H3/t16-,19+,24+/m0/s1. The third-order valence-electron chi connectivity index (χ3n) is 6.71. The Labute approximate surface area is 176 Å².